The Morgan fingerprint density at radius 2 is 1.95 bits per heavy atom. The van der Waals surface area contributed by atoms with Crippen molar-refractivity contribution in [3.63, 3.8) is 0 Å². The van der Waals surface area contributed by atoms with Gasteiger partial charge in [-0.05, 0) is 55.3 Å². The molecule has 0 saturated carbocycles. The smallest absolute Gasteiger partial charge is 0.258 e. The molecule has 1 aliphatic heterocycles. The highest BCUT2D eigenvalue weighted by molar-refractivity contribution is 6.08. The molecule has 0 spiro atoms. The molecule has 2 aromatic carbocycles. The first-order chi connectivity index (χ1) is 10.1. The van der Waals surface area contributed by atoms with Crippen LogP contribution in [0.15, 0.2) is 42.5 Å². The molecule has 0 aliphatic carbocycles. The monoisotopic (exact) mass is 282 g/mol. The molecule has 1 amide bonds. The summed E-state index contributed by atoms with van der Waals surface area (Å²) in [5.74, 6) is 0.736. The van der Waals surface area contributed by atoms with Gasteiger partial charge < -0.3 is 15.4 Å². The molecule has 108 valence electrons. The number of hydrogen-bond donors (Lipinski definition) is 1. The zero-order chi connectivity index (χ0) is 15.0. The second kappa shape index (κ2) is 5.13. The van der Waals surface area contributed by atoms with Gasteiger partial charge in [-0.2, -0.15) is 0 Å². The quantitative estimate of drug-likeness (QED) is 0.862. The largest absolute Gasteiger partial charge is 0.497 e. The minimum atomic E-state index is -0.00509. The van der Waals surface area contributed by atoms with Gasteiger partial charge in [0.15, 0.2) is 0 Å². The van der Waals surface area contributed by atoms with Gasteiger partial charge in [0, 0.05) is 23.0 Å². The number of amides is 1. The van der Waals surface area contributed by atoms with Crippen molar-refractivity contribution in [2.45, 2.75) is 19.4 Å². The van der Waals surface area contributed by atoms with Crippen LogP contribution < -0.4 is 15.4 Å². The maximum atomic E-state index is 12.8. The minimum Gasteiger partial charge on any atom is -0.497 e. The summed E-state index contributed by atoms with van der Waals surface area (Å²) in [6.45, 7) is 2.05. The van der Waals surface area contributed by atoms with Gasteiger partial charge in [0.1, 0.15) is 5.75 Å². The number of nitrogen functional groups attached to an aromatic ring is 1. The highest BCUT2D eigenvalue weighted by atomic mass is 16.5. The highest BCUT2D eigenvalue weighted by Crippen LogP contribution is 2.34. The predicted molar refractivity (Wildman–Crippen MR) is 83.8 cm³/mol. The van der Waals surface area contributed by atoms with Crippen LogP contribution in [0.4, 0.5) is 11.4 Å². The van der Waals surface area contributed by atoms with E-state index < -0.39 is 0 Å². The number of rotatable bonds is 2. The van der Waals surface area contributed by atoms with Gasteiger partial charge in [-0.15, -0.1) is 0 Å². The maximum Gasteiger partial charge on any atom is 0.258 e. The standard InChI is InChI=1S/C17H18N2O2/c1-11-9-13-3-6-14(18)10-16(13)19(11)17(20)12-4-7-15(21-2)8-5-12/h3-8,10-11H,9,18H2,1-2H3/t11-/m0/s1. The Hall–Kier alpha value is -2.49. The van der Waals surface area contributed by atoms with Crippen molar-refractivity contribution >= 4 is 17.3 Å². The maximum absolute atomic E-state index is 12.8. The number of hydrogen-bond acceptors (Lipinski definition) is 3. The van der Waals surface area contributed by atoms with Crippen LogP contribution in [-0.4, -0.2) is 19.1 Å². The SMILES string of the molecule is COc1ccc(C(=O)N2c3cc(N)ccc3C[C@@H]2C)cc1. The summed E-state index contributed by atoms with van der Waals surface area (Å²) in [5, 5.41) is 0. The topological polar surface area (TPSA) is 55.6 Å². The van der Waals surface area contributed by atoms with Gasteiger partial charge >= 0.3 is 0 Å². The van der Waals surface area contributed by atoms with Crippen molar-refractivity contribution in [1.29, 1.82) is 0 Å². The fourth-order valence-corrected chi connectivity index (χ4v) is 2.81. The Labute approximate surface area is 124 Å². The first kappa shape index (κ1) is 13.5. The molecule has 0 radical (unpaired) electrons. The minimum absolute atomic E-state index is 0.00509. The molecule has 0 bridgehead atoms. The number of carbonyl (C=O) groups excluding carboxylic acids is 1. The van der Waals surface area contributed by atoms with Crippen LogP contribution >= 0.6 is 0 Å². The molecule has 1 heterocycles. The normalized spacial score (nSPS) is 16.7. The number of nitrogens with zero attached hydrogens (tertiary/aromatic N) is 1. The average molecular weight is 282 g/mol. The van der Waals surface area contributed by atoms with Crippen molar-refractivity contribution in [2.75, 3.05) is 17.7 Å². The van der Waals surface area contributed by atoms with Gasteiger partial charge in [0.25, 0.3) is 5.91 Å². The van der Waals surface area contributed by atoms with E-state index in [-0.39, 0.29) is 11.9 Å². The van der Waals surface area contributed by atoms with E-state index >= 15 is 0 Å². The Kier molecular flexibility index (Phi) is 3.29. The lowest BCUT2D eigenvalue weighted by Gasteiger charge is -2.23. The number of ether oxygens (including phenoxy) is 1. The second-order valence-electron chi connectivity index (χ2n) is 5.34. The van der Waals surface area contributed by atoms with Crippen LogP contribution in [0.1, 0.15) is 22.8 Å². The zero-order valence-electron chi connectivity index (χ0n) is 12.2. The van der Waals surface area contributed by atoms with Crippen molar-refractivity contribution in [3.05, 3.63) is 53.6 Å². The molecule has 4 heteroatoms. The summed E-state index contributed by atoms with van der Waals surface area (Å²) in [7, 11) is 1.61. The van der Waals surface area contributed by atoms with E-state index in [0.29, 0.717) is 11.3 Å². The fourth-order valence-electron chi connectivity index (χ4n) is 2.81. The first-order valence-corrected chi connectivity index (χ1v) is 6.96. The molecule has 21 heavy (non-hydrogen) atoms. The van der Waals surface area contributed by atoms with Gasteiger partial charge in [-0.3, -0.25) is 4.79 Å². The number of benzene rings is 2. The van der Waals surface area contributed by atoms with E-state index in [1.807, 2.05) is 23.1 Å². The van der Waals surface area contributed by atoms with Crippen LogP contribution in [0, 0.1) is 0 Å². The Morgan fingerprint density at radius 1 is 1.24 bits per heavy atom. The fraction of sp³-hybridized carbons (Fsp3) is 0.235. The summed E-state index contributed by atoms with van der Waals surface area (Å²) in [6, 6.07) is 13.1. The molecule has 2 N–H and O–H groups in total. The number of fused-ring (bicyclic) bond motifs is 1. The third-order valence-electron chi connectivity index (χ3n) is 3.88. The van der Waals surface area contributed by atoms with Crippen LogP contribution in [0.2, 0.25) is 0 Å². The van der Waals surface area contributed by atoms with E-state index in [2.05, 4.69) is 6.92 Å². The van der Waals surface area contributed by atoms with Crippen LogP contribution in [0.3, 0.4) is 0 Å². The molecule has 0 saturated heterocycles. The Bertz CT molecular complexity index is 680. The molecule has 4 nitrogen and oxygen atoms in total. The van der Waals surface area contributed by atoms with Gasteiger partial charge in [0.05, 0.1) is 7.11 Å². The van der Waals surface area contributed by atoms with Crippen molar-refractivity contribution < 1.29 is 9.53 Å². The highest BCUT2D eigenvalue weighted by Gasteiger charge is 2.31. The lowest BCUT2D eigenvalue weighted by Crippen LogP contribution is -2.35. The van der Waals surface area contributed by atoms with E-state index in [9.17, 15) is 4.79 Å². The van der Waals surface area contributed by atoms with E-state index in [4.69, 9.17) is 10.5 Å². The van der Waals surface area contributed by atoms with Crippen molar-refractivity contribution in [2.24, 2.45) is 0 Å². The number of carbonyl (C=O) groups is 1. The second-order valence-corrected chi connectivity index (χ2v) is 5.34. The molecule has 1 atom stereocenters. The van der Waals surface area contributed by atoms with E-state index in [1.165, 1.54) is 5.56 Å². The third kappa shape index (κ3) is 2.33. The average Bonchev–Trinajstić information content (AvgIpc) is 2.82. The molecular formula is C17H18N2O2. The van der Waals surface area contributed by atoms with Crippen molar-refractivity contribution in [3.8, 4) is 5.75 Å². The van der Waals surface area contributed by atoms with Crippen LogP contribution in [-0.2, 0) is 6.42 Å². The summed E-state index contributed by atoms with van der Waals surface area (Å²) in [5.41, 5.74) is 9.27. The zero-order valence-corrected chi connectivity index (χ0v) is 12.2. The molecule has 1 aliphatic rings. The van der Waals surface area contributed by atoms with E-state index in [1.54, 1.807) is 31.4 Å². The summed E-state index contributed by atoms with van der Waals surface area (Å²) < 4.78 is 5.13. The molecule has 2 aromatic rings. The Balaban J connectivity index is 1.96. The van der Waals surface area contributed by atoms with Gasteiger partial charge in [-0.25, -0.2) is 0 Å². The summed E-state index contributed by atoms with van der Waals surface area (Å²) in [4.78, 5) is 14.6. The first-order valence-electron chi connectivity index (χ1n) is 6.96. The number of methoxy groups -OCH3 is 1. The lowest BCUT2D eigenvalue weighted by atomic mass is 10.1. The third-order valence-corrected chi connectivity index (χ3v) is 3.88. The summed E-state index contributed by atoms with van der Waals surface area (Å²) >= 11 is 0. The molecule has 0 aromatic heterocycles. The van der Waals surface area contributed by atoms with Gasteiger partial charge in [0.2, 0.25) is 0 Å². The number of anilines is 2. The number of nitrogens with two attached hydrogens (primary N) is 1. The lowest BCUT2D eigenvalue weighted by molar-refractivity contribution is 0.0981. The Morgan fingerprint density at radius 3 is 2.62 bits per heavy atom. The van der Waals surface area contributed by atoms with Crippen molar-refractivity contribution in [1.82, 2.24) is 0 Å². The van der Waals surface area contributed by atoms with E-state index in [0.717, 1.165) is 17.9 Å². The molecular weight excluding hydrogens is 264 g/mol. The van der Waals surface area contributed by atoms with Gasteiger partial charge in [-0.1, -0.05) is 6.07 Å². The molecule has 0 fully saturated rings. The predicted octanol–water partition coefficient (Wildman–Crippen LogP) is 2.87. The summed E-state index contributed by atoms with van der Waals surface area (Å²) in [6.07, 6.45) is 0.859. The van der Waals surface area contributed by atoms with Crippen LogP contribution in [0.25, 0.3) is 0 Å². The van der Waals surface area contributed by atoms with Crippen LogP contribution in [0.5, 0.6) is 5.75 Å². The molecule has 0 unspecified atom stereocenters. The molecule has 3 rings (SSSR count).